The molecule has 61 heavy (non-hydrogen) atoms. The van der Waals surface area contributed by atoms with Crippen LogP contribution < -0.4 is 9.47 Å². The summed E-state index contributed by atoms with van der Waals surface area (Å²) in [4.78, 5) is 33.6. The van der Waals surface area contributed by atoms with Crippen molar-refractivity contribution in [2.75, 3.05) is 33.5 Å². The zero-order chi connectivity index (χ0) is 42.9. The maximum Gasteiger partial charge on any atom is 0.273 e. The number of nitriles is 1. The van der Waals surface area contributed by atoms with Crippen molar-refractivity contribution in [3.8, 4) is 23.3 Å². The van der Waals surface area contributed by atoms with Gasteiger partial charge in [0.25, 0.3) is 11.6 Å². The average Bonchev–Trinajstić information content (AvgIpc) is 3.28. The number of rotatable bonds is 18. The van der Waals surface area contributed by atoms with E-state index < -0.39 is 29.0 Å². The van der Waals surface area contributed by atoms with Gasteiger partial charge < -0.3 is 38.9 Å². The van der Waals surface area contributed by atoms with Crippen LogP contribution in [0.15, 0.2) is 96.2 Å². The Labute approximate surface area is 356 Å². The summed E-state index contributed by atoms with van der Waals surface area (Å²) in [6.45, 7) is 4.77. The SMILES string of the molecule is C=CCOC12Oc3ccc(Oc4cccc([N+](=O)[O-])c4)cc3C3C(CCCCO)C(CCCCO)C=C(C(=NOC4CCCCO4)CC1N(C)C(=O)c1ccc(C#N)cc1)C32. The van der Waals surface area contributed by atoms with Gasteiger partial charge in [-0.25, -0.2) is 0 Å². The molecule has 1 saturated carbocycles. The number of non-ortho nitro benzene ring substituents is 1. The third-order valence-electron chi connectivity index (χ3n) is 12.4. The molecule has 14 nitrogen and oxygen atoms in total. The molecule has 3 aromatic carbocycles. The Morgan fingerprint density at radius 3 is 2.54 bits per heavy atom. The number of benzene rings is 3. The highest BCUT2D eigenvalue weighted by molar-refractivity contribution is 6.03. The van der Waals surface area contributed by atoms with Crippen LogP contribution in [0.3, 0.4) is 0 Å². The summed E-state index contributed by atoms with van der Waals surface area (Å²) in [6.07, 6.45) is 10.5. The van der Waals surface area contributed by atoms with Gasteiger partial charge in [0.1, 0.15) is 23.3 Å². The highest BCUT2D eigenvalue weighted by Gasteiger charge is 2.65. The van der Waals surface area contributed by atoms with Gasteiger partial charge in [-0.05, 0) is 104 Å². The fraction of sp³-hybridized carbons (Fsp3) is 0.468. The van der Waals surface area contributed by atoms with E-state index in [1.165, 1.54) is 12.1 Å². The molecule has 1 amide bonds. The van der Waals surface area contributed by atoms with Crippen molar-refractivity contribution in [3.05, 3.63) is 118 Å². The summed E-state index contributed by atoms with van der Waals surface area (Å²) in [5, 5.41) is 45.8. The highest BCUT2D eigenvalue weighted by Crippen LogP contribution is 2.62. The molecule has 2 aliphatic carbocycles. The molecule has 3 aromatic rings. The second-order valence-electron chi connectivity index (χ2n) is 16.1. The largest absolute Gasteiger partial charge is 0.459 e. The number of carbonyl (C=O) groups is 1. The number of likely N-dealkylation sites (N-methyl/N-ethyl adjacent to an activating group) is 1. The summed E-state index contributed by atoms with van der Waals surface area (Å²) in [7, 11) is 1.73. The standard InChI is InChI=1S/C47H54N4O10/c1-3-24-58-47-42(50(2)46(54)32-18-16-31(30-48)17-19-32)29-40(49-61-43-15-6-9-25-57-43)38-26-33(11-4-7-22-52)37(14-5-8-23-53)44(45(38)47)39-28-36(20-21-41(39)60-47)59-35-13-10-12-34(27-35)51(55)56/h3,10,12-13,16-21,26-28,33,37,42-45,52-53H,1,4-9,11,14-15,22-25,29H2,2H3. The molecule has 322 valence electrons. The topological polar surface area (TPSA) is 186 Å². The normalized spacial score (nSPS) is 25.8. The fourth-order valence-electron chi connectivity index (χ4n) is 9.54. The maximum absolute atomic E-state index is 14.6. The van der Waals surface area contributed by atoms with Crippen molar-refractivity contribution in [3.63, 3.8) is 0 Å². The molecule has 0 radical (unpaired) electrons. The first-order valence-corrected chi connectivity index (χ1v) is 21.3. The lowest BCUT2D eigenvalue weighted by atomic mass is 9.55. The van der Waals surface area contributed by atoms with Gasteiger partial charge in [-0.1, -0.05) is 36.2 Å². The third-order valence-corrected chi connectivity index (χ3v) is 12.4. The maximum atomic E-state index is 14.6. The molecule has 7 atom stereocenters. The quantitative estimate of drug-likeness (QED) is 0.0545. The first kappa shape index (κ1) is 43.5. The smallest absolute Gasteiger partial charge is 0.273 e. The highest BCUT2D eigenvalue weighted by atomic mass is 16.8. The Morgan fingerprint density at radius 2 is 1.84 bits per heavy atom. The van der Waals surface area contributed by atoms with Gasteiger partial charge >= 0.3 is 0 Å². The number of unbranched alkanes of at least 4 members (excludes halogenated alkanes) is 2. The van der Waals surface area contributed by atoms with E-state index in [2.05, 4.69) is 18.7 Å². The van der Waals surface area contributed by atoms with Crippen molar-refractivity contribution in [1.82, 2.24) is 4.90 Å². The van der Waals surface area contributed by atoms with Gasteiger partial charge in [-0.15, -0.1) is 6.58 Å². The van der Waals surface area contributed by atoms with Crippen LogP contribution in [0.5, 0.6) is 17.2 Å². The zero-order valence-electron chi connectivity index (χ0n) is 34.5. The first-order chi connectivity index (χ1) is 29.7. The summed E-state index contributed by atoms with van der Waals surface area (Å²) < 4.78 is 26.5. The van der Waals surface area contributed by atoms with E-state index in [1.54, 1.807) is 60.5 Å². The molecule has 7 unspecified atom stereocenters. The minimum Gasteiger partial charge on any atom is -0.459 e. The molecule has 0 aromatic heterocycles. The van der Waals surface area contributed by atoms with E-state index >= 15 is 0 Å². The Hall–Kier alpha value is -5.59. The number of aliphatic hydroxyl groups is 2. The lowest BCUT2D eigenvalue weighted by molar-refractivity contribution is -0.384. The zero-order valence-corrected chi connectivity index (χ0v) is 34.5. The average molecular weight is 835 g/mol. The van der Waals surface area contributed by atoms with Crippen LogP contribution in [0.1, 0.15) is 91.6 Å². The van der Waals surface area contributed by atoms with Crippen molar-refractivity contribution in [2.45, 2.75) is 88.2 Å². The monoisotopic (exact) mass is 834 g/mol. The number of aliphatic hydroxyl groups excluding tert-OH is 2. The number of ether oxygens (including phenoxy) is 4. The molecule has 4 aliphatic rings. The van der Waals surface area contributed by atoms with Crippen molar-refractivity contribution < 1.29 is 43.7 Å². The third kappa shape index (κ3) is 9.35. The van der Waals surface area contributed by atoms with Crippen LogP contribution in [0.2, 0.25) is 0 Å². The summed E-state index contributed by atoms with van der Waals surface area (Å²) >= 11 is 0. The number of fused-ring (bicyclic) bond motifs is 2. The molecule has 0 spiro atoms. The molecular formula is C47H54N4O10. The van der Waals surface area contributed by atoms with E-state index in [0.717, 1.165) is 49.7 Å². The molecule has 0 bridgehead atoms. The van der Waals surface area contributed by atoms with Crippen LogP contribution >= 0.6 is 0 Å². The molecule has 2 fully saturated rings. The Balaban J connectivity index is 1.42. The Morgan fingerprint density at radius 1 is 1.07 bits per heavy atom. The van der Waals surface area contributed by atoms with Crippen molar-refractivity contribution in [1.29, 1.82) is 5.26 Å². The second-order valence-corrected chi connectivity index (χ2v) is 16.1. The minimum atomic E-state index is -1.47. The molecule has 2 N–H and O–H groups in total. The Bertz CT molecular complexity index is 2140. The molecule has 2 aliphatic heterocycles. The number of allylic oxidation sites excluding steroid dienone is 1. The number of oxime groups is 1. The van der Waals surface area contributed by atoms with E-state index in [1.807, 2.05) is 12.1 Å². The van der Waals surface area contributed by atoms with Crippen LogP contribution in [0, 0.1) is 39.2 Å². The van der Waals surface area contributed by atoms with Gasteiger partial charge in [-0.3, -0.25) is 14.9 Å². The van der Waals surface area contributed by atoms with Gasteiger partial charge in [0.15, 0.2) is 0 Å². The number of hydrogen-bond donors (Lipinski definition) is 2. The lowest BCUT2D eigenvalue weighted by Gasteiger charge is -2.59. The summed E-state index contributed by atoms with van der Waals surface area (Å²) in [5.74, 6) is -1.35. The van der Waals surface area contributed by atoms with E-state index in [0.29, 0.717) is 60.0 Å². The second kappa shape index (κ2) is 19.9. The molecular weight excluding hydrogens is 781 g/mol. The lowest BCUT2D eigenvalue weighted by Crippen LogP contribution is -2.69. The Kier molecular flexibility index (Phi) is 14.2. The number of amides is 1. The number of nitro benzene ring substituents is 1. The fourth-order valence-corrected chi connectivity index (χ4v) is 9.54. The number of nitrogens with zero attached hydrogens (tertiary/aromatic N) is 4. The van der Waals surface area contributed by atoms with Gasteiger partial charge in [0, 0.05) is 56.2 Å². The van der Waals surface area contributed by atoms with Crippen LogP contribution in [0.25, 0.3) is 0 Å². The first-order valence-electron chi connectivity index (χ1n) is 21.3. The van der Waals surface area contributed by atoms with E-state index in [4.69, 9.17) is 28.9 Å². The predicted octanol–water partition coefficient (Wildman–Crippen LogP) is 8.19. The van der Waals surface area contributed by atoms with Crippen LogP contribution in [-0.2, 0) is 14.3 Å². The number of nitro groups is 1. The predicted molar refractivity (Wildman–Crippen MR) is 226 cm³/mol. The minimum absolute atomic E-state index is 0.0107. The van der Waals surface area contributed by atoms with Gasteiger partial charge in [-0.2, -0.15) is 5.26 Å². The van der Waals surface area contributed by atoms with Crippen LogP contribution in [-0.4, -0.2) is 83.2 Å². The number of hydrogen-bond acceptors (Lipinski definition) is 12. The van der Waals surface area contributed by atoms with Crippen LogP contribution in [0.4, 0.5) is 5.69 Å². The van der Waals surface area contributed by atoms with Crippen molar-refractivity contribution in [2.24, 2.45) is 22.9 Å². The van der Waals surface area contributed by atoms with E-state index in [-0.39, 0.29) is 55.6 Å². The molecule has 1 saturated heterocycles. The van der Waals surface area contributed by atoms with Crippen molar-refractivity contribution >= 4 is 17.3 Å². The molecule has 14 heteroatoms. The van der Waals surface area contributed by atoms with E-state index in [9.17, 15) is 30.4 Å². The summed E-state index contributed by atoms with van der Waals surface area (Å²) in [5.41, 5.74) is 3.08. The summed E-state index contributed by atoms with van der Waals surface area (Å²) in [6, 6.07) is 19.4. The molecule has 2 heterocycles. The van der Waals surface area contributed by atoms with Gasteiger partial charge in [0.2, 0.25) is 12.1 Å². The molecule has 7 rings (SSSR count). The van der Waals surface area contributed by atoms with Gasteiger partial charge in [0.05, 0.1) is 47.5 Å². The number of carbonyl (C=O) groups excluding carboxylic acids is 1.